The van der Waals surface area contributed by atoms with Crippen molar-refractivity contribution >= 4 is 28.9 Å². The van der Waals surface area contributed by atoms with E-state index in [4.69, 9.17) is 0 Å². The molecule has 0 spiro atoms. The van der Waals surface area contributed by atoms with Gasteiger partial charge in [-0.1, -0.05) is 12.1 Å². The van der Waals surface area contributed by atoms with Gasteiger partial charge < -0.3 is 20.4 Å². The van der Waals surface area contributed by atoms with Crippen molar-refractivity contribution in [2.75, 3.05) is 60.9 Å². The summed E-state index contributed by atoms with van der Waals surface area (Å²) in [7, 11) is 0. The van der Waals surface area contributed by atoms with Crippen molar-refractivity contribution in [1.29, 1.82) is 0 Å². The minimum Gasteiger partial charge on any atom is -0.367 e. The molecule has 1 unspecified atom stereocenters. The van der Waals surface area contributed by atoms with Gasteiger partial charge in [-0.25, -0.2) is 4.39 Å². The lowest BCUT2D eigenvalue weighted by molar-refractivity contribution is -0.118. The van der Waals surface area contributed by atoms with Gasteiger partial charge in [0.2, 0.25) is 5.91 Å². The van der Waals surface area contributed by atoms with E-state index >= 15 is 0 Å². The summed E-state index contributed by atoms with van der Waals surface area (Å²) in [6, 6.07) is 12.4. The number of benzene rings is 2. The second-order valence-electron chi connectivity index (χ2n) is 9.32. The van der Waals surface area contributed by atoms with Crippen LogP contribution in [0.25, 0.3) is 0 Å². The number of halogens is 1. The average molecular weight is 466 g/mol. The molecule has 34 heavy (non-hydrogen) atoms. The van der Waals surface area contributed by atoms with Crippen LogP contribution in [0.2, 0.25) is 0 Å². The number of anilines is 3. The fourth-order valence-electron chi connectivity index (χ4n) is 5.26. The summed E-state index contributed by atoms with van der Waals surface area (Å²) in [6.45, 7) is 5.71. The lowest BCUT2D eigenvalue weighted by Gasteiger charge is -2.41. The SMILES string of the molecule is O=C(NCCCN1CCN(c2ccccc2F)CC1)c1ccc2c(c1)NC(=O)C1CCCCN21. The number of fused-ring (bicyclic) bond motifs is 3. The van der Waals surface area contributed by atoms with Crippen molar-refractivity contribution in [3.8, 4) is 0 Å². The predicted octanol–water partition coefficient (Wildman–Crippen LogP) is 3.08. The standard InChI is InChI=1S/C26H32FN5O2/c27-20-6-1-2-7-22(20)31-16-14-30(15-17-31)12-5-11-28-25(33)19-9-10-23-21(18-19)29-26(34)24-8-3-4-13-32(23)24/h1-2,6-7,9-10,18,24H,3-5,8,11-17H2,(H,28,33)(H,29,34). The van der Waals surface area contributed by atoms with Crippen LogP contribution in [-0.4, -0.2) is 68.6 Å². The molecule has 3 aliphatic rings. The van der Waals surface area contributed by atoms with E-state index in [1.807, 2.05) is 24.3 Å². The van der Waals surface area contributed by atoms with E-state index in [2.05, 4.69) is 25.3 Å². The van der Waals surface area contributed by atoms with Gasteiger partial charge in [0.25, 0.3) is 5.91 Å². The zero-order valence-electron chi connectivity index (χ0n) is 19.4. The maximum absolute atomic E-state index is 14.0. The molecule has 0 saturated carbocycles. The molecule has 3 aliphatic heterocycles. The van der Waals surface area contributed by atoms with Gasteiger partial charge in [-0.05, 0) is 62.6 Å². The fraction of sp³-hybridized carbons (Fsp3) is 0.462. The van der Waals surface area contributed by atoms with Crippen molar-refractivity contribution in [3.63, 3.8) is 0 Å². The van der Waals surface area contributed by atoms with Crippen molar-refractivity contribution in [1.82, 2.24) is 10.2 Å². The van der Waals surface area contributed by atoms with Gasteiger partial charge in [-0.15, -0.1) is 0 Å². The Hall–Kier alpha value is -3.13. The first-order chi connectivity index (χ1) is 16.6. The third kappa shape index (κ3) is 4.73. The van der Waals surface area contributed by atoms with Crippen LogP contribution in [-0.2, 0) is 4.79 Å². The monoisotopic (exact) mass is 465 g/mol. The normalized spacial score (nSPS) is 20.4. The topological polar surface area (TPSA) is 67.9 Å². The molecule has 2 aromatic rings. The number of carbonyl (C=O) groups excluding carboxylic acids is 2. The number of hydrogen-bond donors (Lipinski definition) is 2. The number of para-hydroxylation sites is 1. The van der Waals surface area contributed by atoms with Gasteiger partial charge in [0.1, 0.15) is 11.9 Å². The van der Waals surface area contributed by atoms with E-state index in [0.717, 1.165) is 76.3 Å². The number of piperazine rings is 1. The molecule has 180 valence electrons. The number of hydrogen-bond acceptors (Lipinski definition) is 5. The molecule has 0 bridgehead atoms. The lowest BCUT2D eigenvalue weighted by Crippen LogP contribution is -2.50. The van der Waals surface area contributed by atoms with E-state index in [0.29, 0.717) is 17.8 Å². The number of amides is 2. The summed E-state index contributed by atoms with van der Waals surface area (Å²) in [4.78, 5) is 31.8. The van der Waals surface area contributed by atoms with Gasteiger partial charge in [-0.3, -0.25) is 14.5 Å². The Morgan fingerprint density at radius 1 is 1.03 bits per heavy atom. The molecule has 8 heteroatoms. The van der Waals surface area contributed by atoms with E-state index in [9.17, 15) is 14.0 Å². The van der Waals surface area contributed by atoms with Crippen molar-refractivity contribution in [3.05, 3.63) is 53.8 Å². The summed E-state index contributed by atoms with van der Waals surface area (Å²) in [5.41, 5.74) is 2.97. The molecule has 2 saturated heterocycles. The molecule has 0 aromatic heterocycles. The third-order valence-electron chi connectivity index (χ3n) is 7.13. The third-order valence-corrected chi connectivity index (χ3v) is 7.13. The molecule has 0 radical (unpaired) electrons. The van der Waals surface area contributed by atoms with Gasteiger partial charge in [0.05, 0.1) is 17.1 Å². The Bertz CT molecular complexity index is 1050. The Balaban J connectivity index is 1.08. The highest BCUT2D eigenvalue weighted by atomic mass is 19.1. The number of carbonyl (C=O) groups is 2. The van der Waals surface area contributed by atoms with Crippen LogP contribution in [0.5, 0.6) is 0 Å². The highest BCUT2D eigenvalue weighted by Crippen LogP contribution is 2.36. The maximum atomic E-state index is 14.0. The Morgan fingerprint density at radius 2 is 1.85 bits per heavy atom. The first kappa shape index (κ1) is 22.7. The zero-order valence-corrected chi connectivity index (χ0v) is 19.4. The summed E-state index contributed by atoms with van der Waals surface area (Å²) in [5.74, 6) is -0.266. The Morgan fingerprint density at radius 3 is 2.68 bits per heavy atom. The minimum absolute atomic E-state index is 0.0276. The van der Waals surface area contributed by atoms with Gasteiger partial charge in [-0.2, -0.15) is 0 Å². The molecule has 2 amide bonds. The molecule has 1 atom stereocenters. The second-order valence-corrected chi connectivity index (χ2v) is 9.32. The summed E-state index contributed by atoms with van der Waals surface area (Å²) < 4.78 is 14.0. The number of nitrogens with zero attached hydrogens (tertiary/aromatic N) is 3. The second kappa shape index (κ2) is 10.0. The van der Waals surface area contributed by atoms with Crippen LogP contribution < -0.4 is 20.4 Å². The van der Waals surface area contributed by atoms with Crippen LogP contribution in [0.3, 0.4) is 0 Å². The van der Waals surface area contributed by atoms with Crippen molar-refractivity contribution in [2.24, 2.45) is 0 Å². The number of piperidine rings is 1. The number of nitrogens with one attached hydrogen (secondary N) is 2. The van der Waals surface area contributed by atoms with Crippen LogP contribution in [0.15, 0.2) is 42.5 Å². The highest BCUT2D eigenvalue weighted by Gasteiger charge is 2.34. The quantitative estimate of drug-likeness (QED) is 0.642. The molecule has 2 aromatic carbocycles. The summed E-state index contributed by atoms with van der Waals surface area (Å²) >= 11 is 0. The van der Waals surface area contributed by atoms with Crippen LogP contribution in [0.4, 0.5) is 21.5 Å². The Kier molecular flexibility index (Phi) is 6.67. The van der Waals surface area contributed by atoms with E-state index in [1.54, 1.807) is 12.1 Å². The van der Waals surface area contributed by atoms with E-state index < -0.39 is 0 Å². The van der Waals surface area contributed by atoms with Crippen molar-refractivity contribution < 1.29 is 14.0 Å². The largest absolute Gasteiger partial charge is 0.367 e. The first-order valence-electron chi connectivity index (χ1n) is 12.3. The van der Waals surface area contributed by atoms with Gasteiger partial charge in [0, 0.05) is 44.8 Å². The van der Waals surface area contributed by atoms with Crippen LogP contribution in [0, 0.1) is 5.82 Å². The van der Waals surface area contributed by atoms with Gasteiger partial charge >= 0.3 is 0 Å². The van der Waals surface area contributed by atoms with Gasteiger partial charge in [0.15, 0.2) is 0 Å². The Labute approximate surface area is 199 Å². The summed E-state index contributed by atoms with van der Waals surface area (Å²) in [6.07, 6.45) is 3.89. The zero-order chi connectivity index (χ0) is 23.5. The number of rotatable bonds is 6. The molecule has 7 nitrogen and oxygen atoms in total. The van der Waals surface area contributed by atoms with Crippen LogP contribution >= 0.6 is 0 Å². The molecule has 5 rings (SSSR count). The maximum Gasteiger partial charge on any atom is 0.251 e. The van der Waals surface area contributed by atoms with Crippen molar-refractivity contribution in [2.45, 2.75) is 31.7 Å². The molecule has 2 fully saturated rings. The van der Waals surface area contributed by atoms with Crippen LogP contribution in [0.1, 0.15) is 36.0 Å². The molecular weight excluding hydrogens is 433 g/mol. The van der Waals surface area contributed by atoms with E-state index in [1.165, 1.54) is 6.07 Å². The minimum atomic E-state index is -0.170. The van der Waals surface area contributed by atoms with E-state index in [-0.39, 0.29) is 23.7 Å². The predicted molar refractivity (Wildman–Crippen MR) is 132 cm³/mol. The molecular formula is C26H32FN5O2. The molecule has 2 N–H and O–H groups in total. The average Bonchev–Trinajstić information content (AvgIpc) is 2.87. The molecule has 3 heterocycles. The lowest BCUT2D eigenvalue weighted by atomic mass is 9.97. The molecule has 0 aliphatic carbocycles. The fourth-order valence-corrected chi connectivity index (χ4v) is 5.26. The highest BCUT2D eigenvalue weighted by molar-refractivity contribution is 6.05. The first-order valence-corrected chi connectivity index (χ1v) is 12.3. The summed E-state index contributed by atoms with van der Waals surface area (Å²) in [5, 5.41) is 5.99. The smallest absolute Gasteiger partial charge is 0.251 e.